The van der Waals surface area contributed by atoms with Gasteiger partial charge < -0.3 is 10.1 Å². The van der Waals surface area contributed by atoms with Crippen LogP contribution in [0.15, 0.2) is 30.3 Å². The Morgan fingerprint density at radius 1 is 1.08 bits per heavy atom. The first-order valence-electron chi connectivity index (χ1n) is 7.05. The summed E-state index contributed by atoms with van der Waals surface area (Å²) in [6.07, 6.45) is 0. The second-order valence-electron chi connectivity index (χ2n) is 5.07. The summed E-state index contributed by atoms with van der Waals surface area (Å²) in [7, 11) is 1.36. The van der Waals surface area contributed by atoms with E-state index in [1.807, 2.05) is 6.07 Å². The molecule has 0 unspecified atom stereocenters. The van der Waals surface area contributed by atoms with Gasteiger partial charge in [0.05, 0.1) is 32.6 Å². The summed E-state index contributed by atoms with van der Waals surface area (Å²) in [5, 5.41) is 5.63. The second kappa shape index (κ2) is 6.42. The second-order valence-corrected chi connectivity index (χ2v) is 7.98. The Kier molecular flexibility index (Phi) is 4.24. The number of nitrogens with zero attached hydrogens (tertiary/aromatic N) is 2. The van der Waals surface area contributed by atoms with E-state index in [1.165, 1.54) is 29.8 Å². The molecule has 0 atom stereocenters. The van der Waals surface area contributed by atoms with E-state index in [2.05, 4.69) is 15.3 Å². The number of hydrogen-bond acceptors (Lipinski definition) is 7. The Bertz CT molecular complexity index is 1120. The minimum Gasteiger partial charge on any atom is -0.465 e. The lowest BCUT2D eigenvalue weighted by atomic mass is 10.2. The number of nitrogens with one attached hydrogen (secondary N) is 1. The molecule has 0 amide bonds. The van der Waals surface area contributed by atoms with Crippen LogP contribution in [0.5, 0.6) is 0 Å². The molecule has 0 aliphatic heterocycles. The van der Waals surface area contributed by atoms with Crippen LogP contribution in [0.1, 0.15) is 10.4 Å². The van der Waals surface area contributed by atoms with Crippen molar-refractivity contribution in [1.29, 1.82) is 0 Å². The Balaban J connectivity index is 1.68. The molecule has 0 aliphatic carbocycles. The van der Waals surface area contributed by atoms with Crippen LogP contribution in [0.4, 0.5) is 10.3 Å². The van der Waals surface area contributed by atoms with Gasteiger partial charge in [-0.15, -0.1) is 0 Å². The van der Waals surface area contributed by atoms with Crippen LogP contribution in [-0.4, -0.2) is 23.0 Å². The summed E-state index contributed by atoms with van der Waals surface area (Å²) in [5.74, 6) is -0.373. The standard InChI is InChI=1S/C16H9Cl2N3O2S2/c1-23-14(22)7-2-3-10-11(4-7)24-15(19-10)21-16-20-13-9(18)5-8(17)6-12(13)25-16/h2-6H,1H3,(H,19,20,21). The van der Waals surface area contributed by atoms with Gasteiger partial charge in [-0.2, -0.15) is 0 Å². The molecule has 0 bridgehead atoms. The van der Waals surface area contributed by atoms with Gasteiger partial charge in [-0.1, -0.05) is 45.9 Å². The number of thiazole rings is 2. The van der Waals surface area contributed by atoms with Crippen molar-refractivity contribution in [3.63, 3.8) is 0 Å². The molecule has 0 fully saturated rings. The van der Waals surface area contributed by atoms with Gasteiger partial charge in [0.1, 0.15) is 5.52 Å². The number of esters is 1. The minimum atomic E-state index is -0.373. The first kappa shape index (κ1) is 16.5. The number of benzene rings is 2. The van der Waals surface area contributed by atoms with Crippen molar-refractivity contribution in [2.45, 2.75) is 0 Å². The van der Waals surface area contributed by atoms with Gasteiger partial charge >= 0.3 is 5.97 Å². The van der Waals surface area contributed by atoms with Gasteiger partial charge in [-0.05, 0) is 30.3 Å². The largest absolute Gasteiger partial charge is 0.465 e. The van der Waals surface area contributed by atoms with E-state index in [9.17, 15) is 4.79 Å². The third-order valence-corrected chi connectivity index (χ3v) is 5.79. The van der Waals surface area contributed by atoms with Crippen molar-refractivity contribution in [3.8, 4) is 0 Å². The zero-order chi connectivity index (χ0) is 17.6. The van der Waals surface area contributed by atoms with Crippen molar-refractivity contribution in [2.24, 2.45) is 0 Å². The molecule has 0 spiro atoms. The molecule has 2 aromatic carbocycles. The maximum absolute atomic E-state index is 11.6. The third kappa shape index (κ3) is 3.16. The lowest BCUT2D eigenvalue weighted by Gasteiger charge is -1.97. The van der Waals surface area contributed by atoms with Crippen LogP contribution < -0.4 is 5.32 Å². The predicted octanol–water partition coefficient (Wildman–Crippen LogP) is 5.74. The van der Waals surface area contributed by atoms with Crippen LogP contribution in [0, 0.1) is 0 Å². The van der Waals surface area contributed by atoms with Gasteiger partial charge in [0.2, 0.25) is 0 Å². The summed E-state index contributed by atoms with van der Waals surface area (Å²) >= 11 is 15.1. The fourth-order valence-corrected chi connectivity index (χ4v) is 4.88. The van der Waals surface area contributed by atoms with Crippen molar-refractivity contribution in [3.05, 3.63) is 45.9 Å². The van der Waals surface area contributed by atoms with E-state index in [4.69, 9.17) is 27.9 Å². The smallest absolute Gasteiger partial charge is 0.337 e. The molecule has 2 heterocycles. The molecule has 0 aliphatic rings. The lowest BCUT2D eigenvalue weighted by Crippen LogP contribution is -1.99. The average molecular weight is 410 g/mol. The molecule has 2 aromatic heterocycles. The Labute approximate surface area is 160 Å². The molecule has 9 heteroatoms. The number of hydrogen-bond donors (Lipinski definition) is 1. The topological polar surface area (TPSA) is 64.1 Å². The molecule has 0 saturated heterocycles. The Morgan fingerprint density at radius 2 is 1.84 bits per heavy atom. The van der Waals surface area contributed by atoms with Crippen molar-refractivity contribution in [1.82, 2.24) is 9.97 Å². The van der Waals surface area contributed by atoms with Crippen LogP contribution in [-0.2, 0) is 4.74 Å². The highest BCUT2D eigenvalue weighted by Gasteiger charge is 2.12. The van der Waals surface area contributed by atoms with E-state index < -0.39 is 0 Å². The Hall–Kier alpha value is -1.93. The van der Waals surface area contributed by atoms with Gasteiger partial charge in [0, 0.05) is 5.02 Å². The van der Waals surface area contributed by atoms with Gasteiger partial charge in [-0.25, -0.2) is 14.8 Å². The highest BCUT2D eigenvalue weighted by Crippen LogP contribution is 2.36. The summed E-state index contributed by atoms with van der Waals surface area (Å²) in [6, 6.07) is 8.74. The molecule has 0 saturated carbocycles. The molecular formula is C16H9Cl2N3O2S2. The average Bonchev–Trinajstić information content (AvgIpc) is 3.16. The highest BCUT2D eigenvalue weighted by molar-refractivity contribution is 7.24. The van der Waals surface area contributed by atoms with Crippen molar-refractivity contribution in [2.75, 3.05) is 12.4 Å². The van der Waals surface area contributed by atoms with E-state index in [1.54, 1.807) is 24.3 Å². The number of carbonyl (C=O) groups is 1. The number of rotatable bonds is 3. The van der Waals surface area contributed by atoms with Crippen LogP contribution in [0.2, 0.25) is 10.0 Å². The van der Waals surface area contributed by atoms with Crippen molar-refractivity contribution < 1.29 is 9.53 Å². The van der Waals surface area contributed by atoms with Crippen LogP contribution in [0.3, 0.4) is 0 Å². The number of anilines is 2. The highest BCUT2D eigenvalue weighted by atomic mass is 35.5. The fraction of sp³-hybridized carbons (Fsp3) is 0.0625. The zero-order valence-corrected chi connectivity index (χ0v) is 15.8. The fourth-order valence-electron chi connectivity index (χ4n) is 2.33. The zero-order valence-electron chi connectivity index (χ0n) is 12.7. The number of aromatic nitrogens is 2. The third-order valence-electron chi connectivity index (χ3n) is 3.44. The first-order valence-corrected chi connectivity index (χ1v) is 9.44. The molecule has 0 radical (unpaired) electrons. The van der Waals surface area contributed by atoms with E-state index in [0.717, 1.165) is 14.9 Å². The van der Waals surface area contributed by atoms with Crippen LogP contribution in [0.25, 0.3) is 20.4 Å². The Morgan fingerprint density at radius 3 is 2.64 bits per heavy atom. The molecule has 25 heavy (non-hydrogen) atoms. The number of ether oxygens (including phenoxy) is 1. The summed E-state index contributed by atoms with van der Waals surface area (Å²) in [5.41, 5.74) is 1.99. The number of methoxy groups -OCH3 is 1. The molecule has 5 nitrogen and oxygen atoms in total. The van der Waals surface area contributed by atoms with E-state index in [0.29, 0.717) is 31.4 Å². The van der Waals surface area contributed by atoms with Gasteiger partial charge in [-0.3, -0.25) is 0 Å². The maximum atomic E-state index is 11.6. The lowest BCUT2D eigenvalue weighted by molar-refractivity contribution is 0.0601. The molecule has 4 aromatic rings. The first-order chi connectivity index (χ1) is 12.0. The van der Waals surface area contributed by atoms with Gasteiger partial charge in [0.15, 0.2) is 10.3 Å². The molecule has 126 valence electrons. The molecule has 1 N–H and O–H groups in total. The molecule has 4 rings (SSSR count). The van der Waals surface area contributed by atoms with E-state index >= 15 is 0 Å². The maximum Gasteiger partial charge on any atom is 0.337 e. The van der Waals surface area contributed by atoms with Crippen molar-refractivity contribution >= 4 is 82.5 Å². The normalized spacial score (nSPS) is 11.2. The number of halogens is 2. The number of carbonyl (C=O) groups excluding carboxylic acids is 1. The summed E-state index contributed by atoms with van der Waals surface area (Å²) in [6.45, 7) is 0. The monoisotopic (exact) mass is 409 g/mol. The molecular weight excluding hydrogens is 401 g/mol. The van der Waals surface area contributed by atoms with E-state index in [-0.39, 0.29) is 5.97 Å². The van der Waals surface area contributed by atoms with Crippen LogP contribution >= 0.6 is 45.9 Å². The summed E-state index contributed by atoms with van der Waals surface area (Å²) < 4.78 is 6.52. The SMILES string of the molecule is COC(=O)c1ccc2nc(Nc3nc4c(Cl)cc(Cl)cc4s3)sc2c1. The minimum absolute atomic E-state index is 0.373. The summed E-state index contributed by atoms with van der Waals surface area (Å²) in [4.78, 5) is 20.6. The quantitative estimate of drug-likeness (QED) is 0.436. The van der Waals surface area contributed by atoms with Gasteiger partial charge in [0.25, 0.3) is 0 Å². The number of fused-ring (bicyclic) bond motifs is 2. The predicted molar refractivity (Wildman–Crippen MR) is 104 cm³/mol.